The molecule has 8 nitrogen and oxygen atoms in total. The first-order chi connectivity index (χ1) is 15.5. The van der Waals surface area contributed by atoms with Gasteiger partial charge in [0, 0.05) is 18.3 Å². The minimum Gasteiger partial charge on any atom is -0.457 e. The predicted octanol–water partition coefficient (Wildman–Crippen LogP) is 3.36. The molecule has 1 amide bonds. The maximum atomic E-state index is 12.4. The minimum atomic E-state index is -0.564. The molecule has 4 N–H and O–H groups in total. The van der Waals surface area contributed by atoms with Crippen molar-refractivity contribution < 1.29 is 14.6 Å². The van der Waals surface area contributed by atoms with Gasteiger partial charge in [-0.3, -0.25) is 4.79 Å². The lowest BCUT2D eigenvalue weighted by Gasteiger charge is -2.10. The van der Waals surface area contributed by atoms with Gasteiger partial charge in [0.25, 0.3) is 0 Å². The summed E-state index contributed by atoms with van der Waals surface area (Å²) in [5, 5.41) is 13.1. The zero-order valence-electron chi connectivity index (χ0n) is 17.7. The number of ether oxygens (including phenoxy) is 1. The normalized spacial score (nSPS) is 11.9. The molecule has 0 aliphatic heterocycles. The molecule has 0 bridgehead atoms. The zero-order chi connectivity index (χ0) is 22.5. The number of rotatable bonds is 8. The molecule has 2 aromatic heterocycles. The summed E-state index contributed by atoms with van der Waals surface area (Å²) >= 11 is 0. The van der Waals surface area contributed by atoms with Crippen LogP contribution < -0.4 is 15.8 Å². The van der Waals surface area contributed by atoms with Crippen LogP contribution in [-0.2, 0) is 11.3 Å². The second-order valence-corrected chi connectivity index (χ2v) is 7.43. The fourth-order valence-corrected chi connectivity index (χ4v) is 3.40. The number of nitrogen functional groups attached to an aromatic ring is 1. The molecule has 0 aliphatic carbocycles. The lowest BCUT2D eigenvalue weighted by atomic mass is 10.1. The van der Waals surface area contributed by atoms with Gasteiger partial charge in [-0.15, -0.1) is 0 Å². The Balaban J connectivity index is 1.60. The van der Waals surface area contributed by atoms with Gasteiger partial charge in [-0.2, -0.15) is 0 Å². The van der Waals surface area contributed by atoms with Crippen molar-refractivity contribution in [3.63, 3.8) is 0 Å². The predicted molar refractivity (Wildman–Crippen MR) is 123 cm³/mol. The zero-order valence-corrected chi connectivity index (χ0v) is 17.7. The highest BCUT2D eigenvalue weighted by atomic mass is 16.5. The monoisotopic (exact) mass is 431 g/mol. The number of hydrogen-bond acceptors (Lipinski definition) is 6. The number of aliphatic hydroxyl groups is 1. The summed E-state index contributed by atoms with van der Waals surface area (Å²) in [5.41, 5.74) is 8.46. The molecule has 2 aromatic carbocycles. The Hall–Kier alpha value is -3.91. The van der Waals surface area contributed by atoms with Crippen LogP contribution in [0.2, 0.25) is 0 Å². The molecule has 0 aliphatic rings. The van der Waals surface area contributed by atoms with E-state index in [2.05, 4.69) is 15.3 Å². The lowest BCUT2D eigenvalue weighted by Crippen LogP contribution is -2.34. The van der Waals surface area contributed by atoms with E-state index in [9.17, 15) is 9.90 Å². The van der Waals surface area contributed by atoms with Crippen molar-refractivity contribution in [1.29, 1.82) is 0 Å². The number of nitrogens with zero attached hydrogens (tertiary/aromatic N) is 3. The van der Waals surface area contributed by atoms with Crippen molar-refractivity contribution in [3.8, 4) is 22.6 Å². The summed E-state index contributed by atoms with van der Waals surface area (Å²) in [6.45, 7) is 2.12. The molecule has 0 fully saturated rings. The summed E-state index contributed by atoms with van der Waals surface area (Å²) in [5.74, 6) is 1.59. The van der Waals surface area contributed by atoms with Crippen molar-refractivity contribution in [2.45, 2.75) is 26.0 Å². The van der Waals surface area contributed by atoms with Crippen molar-refractivity contribution in [2.75, 3.05) is 12.3 Å². The van der Waals surface area contributed by atoms with Gasteiger partial charge in [0.2, 0.25) is 5.91 Å². The molecule has 1 atom stereocenters. The first kappa shape index (κ1) is 21.3. The Kier molecular flexibility index (Phi) is 6.32. The Morgan fingerprint density at radius 1 is 1.12 bits per heavy atom. The number of amides is 1. The van der Waals surface area contributed by atoms with Crippen LogP contribution in [0.1, 0.15) is 13.3 Å². The lowest BCUT2D eigenvalue weighted by molar-refractivity contribution is -0.122. The van der Waals surface area contributed by atoms with Crippen LogP contribution >= 0.6 is 0 Å². The van der Waals surface area contributed by atoms with E-state index >= 15 is 0 Å². The third-order valence-corrected chi connectivity index (χ3v) is 5.15. The molecule has 0 radical (unpaired) electrons. The molecular weight excluding hydrogens is 406 g/mol. The van der Waals surface area contributed by atoms with E-state index in [0.29, 0.717) is 29.0 Å². The molecule has 0 saturated heterocycles. The Labute approximate surface area is 185 Å². The van der Waals surface area contributed by atoms with Gasteiger partial charge in [0.1, 0.15) is 35.8 Å². The summed E-state index contributed by atoms with van der Waals surface area (Å²) in [4.78, 5) is 20.9. The standard InChI is InChI=1S/C24H25N5O3/c1-2-17(30)12-26-21(31)14-29-13-20(22-23(25)27-15-28-24(22)29)16-8-10-19(11-9-16)32-18-6-4-3-5-7-18/h3-11,13,15,17,30H,2,12,14H2,1H3,(H,26,31)(H2,25,27,28). The van der Waals surface area contributed by atoms with E-state index in [1.807, 2.05) is 67.7 Å². The average Bonchev–Trinajstić information content (AvgIpc) is 3.18. The largest absolute Gasteiger partial charge is 0.457 e. The van der Waals surface area contributed by atoms with Crippen molar-refractivity contribution in [1.82, 2.24) is 19.9 Å². The van der Waals surface area contributed by atoms with Crippen LogP contribution in [0.4, 0.5) is 5.82 Å². The van der Waals surface area contributed by atoms with Gasteiger partial charge in [-0.05, 0) is 36.2 Å². The highest BCUT2D eigenvalue weighted by Crippen LogP contribution is 2.34. The summed E-state index contributed by atoms with van der Waals surface area (Å²) < 4.78 is 7.61. The third kappa shape index (κ3) is 4.70. The minimum absolute atomic E-state index is 0.0542. The van der Waals surface area contributed by atoms with Gasteiger partial charge < -0.3 is 25.5 Å². The van der Waals surface area contributed by atoms with Gasteiger partial charge in [0.15, 0.2) is 0 Å². The molecule has 4 rings (SSSR count). The molecule has 8 heteroatoms. The van der Waals surface area contributed by atoms with Crippen LogP contribution in [0.15, 0.2) is 67.1 Å². The molecule has 32 heavy (non-hydrogen) atoms. The molecule has 1 unspecified atom stereocenters. The number of nitrogens with two attached hydrogens (primary N) is 1. The van der Waals surface area contributed by atoms with Crippen molar-refractivity contribution >= 4 is 22.8 Å². The van der Waals surface area contributed by atoms with E-state index in [1.54, 1.807) is 4.57 Å². The number of nitrogens with one attached hydrogen (secondary N) is 1. The number of aromatic nitrogens is 3. The summed E-state index contributed by atoms with van der Waals surface area (Å²) in [6.07, 6.45) is 3.24. The maximum absolute atomic E-state index is 12.4. The third-order valence-electron chi connectivity index (χ3n) is 5.15. The smallest absolute Gasteiger partial charge is 0.240 e. The van der Waals surface area contributed by atoms with Gasteiger partial charge in [-0.25, -0.2) is 9.97 Å². The molecule has 2 heterocycles. The number of carbonyl (C=O) groups is 1. The van der Waals surface area contributed by atoms with E-state index in [0.717, 1.165) is 16.9 Å². The van der Waals surface area contributed by atoms with Crippen LogP contribution in [0.5, 0.6) is 11.5 Å². The van der Waals surface area contributed by atoms with Crippen molar-refractivity contribution in [2.24, 2.45) is 0 Å². The highest BCUT2D eigenvalue weighted by Gasteiger charge is 2.17. The highest BCUT2D eigenvalue weighted by molar-refractivity contribution is 6.01. The molecule has 0 saturated carbocycles. The number of anilines is 1. The van der Waals surface area contributed by atoms with E-state index in [-0.39, 0.29) is 19.0 Å². The Morgan fingerprint density at radius 3 is 2.56 bits per heavy atom. The van der Waals surface area contributed by atoms with E-state index in [1.165, 1.54) is 6.33 Å². The fraction of sp³-hybridized carbons (Fsp3) is 0.208. The average molecular weight is 431 g/mol. The van der Waals surface area contributed by atoms with E-state index < -0.39 is 6.10 Å². The van der Waals surface area contributed by atoms with Crippen LogP contribution in [0.25, 0.3) is 22.2 Å². The quantitative estimate of drug-likeness (QED) is 0.394. The Morgan fingerprint density at radius 2 is 1.84 bits per heavy atom. The van der Waals surface area contributed by atoms with Gasteiger partial charge in [-0.1, -0.05) is 37.3 Å². The molecule has 4 aromatic rings. The number of para-hydroxylation sites is 1. The Bertz CT molecular complexity index is 1210. The number of carbonyl (C=O) groups excluding carboxylic acids is 1. The number of fused-ring (bicyclic) bond motifs is 1. The second kappa shape index (κ2) is 9.49. The van der Waals surface area contributed by atoms with Crippen LogP contribution in [0, 0.1) is 0 Å². The van der Waals surface area contributed by atoms with Gasteiger partial charge in [0.05, 0.1) is 11.5 Å². The van der Waals surface area contributed by atoms with Crippen LogP contribution in [0.3, 0.4) is 0 Å². The SMILES string of the molecule is CCC(O)CNC(=O)Cn1cc(-c2ccc(Oc3ccccc3)cc2)c2c(N)ncnc21. The maximum Gasteiger partial charge on any atom is 0.240 e. The summed E-state index contributed by atoms with van der Waals surface area (Å²) in [7, 11) is 0. The second-order valence-electron chi connectivity index (χ2n) is 7.43. The van der Waals surface area contributed by atoms with E-state index in [4.69, 9.17) is 10.5 Å². The molecule has 164 valence electrons. The molecule has 0 spiro atoms. The molecular formula is C24H25N5O3. The number of hydrogen-bond donors (Lipinski definition) is 3. The van der Waals surface area contributed by atoms with Gasteiger partial charge >= 0.3 is 0 Å². The number of benzene rings is 2. The topological polar surface area (TPSA) is 115 Å². The number of aliphatic hydroxyl groups excluding tert-OH is 1. The summed E-state index contributed by atoms with van der Waals surface area (Å²) in [6, 6.07) is 17.2. The van der Waals surface area contributed by atoms with Crippen molar-refractivity contribution in [3.05, 3.63) is 67.1 Å². The first-order valence-corrected chi connectivity index (χ1v) is 10.4. The first-order valence-electron chi connectivity index (χ1n) is 10.4. The fourth-order valence-electron chi connectivity index (χ4n) is 3.40. The van der Waals surface area contributed by atoms with Crippen LogP contribution in [-0.4, -0.2) is 38.2 Å².